The maximum atomic E-state index is 12.9. The second-order valence-corrected chi connectivity index (χ2v) is 11.0. The molecule has 1 aliphatic rings. The zero-order valence-electron chi connectivity index (χ0n) is 22.9. The SMILES string of the molecule is CC(C)N(c1ccc(C(=O)O)cc1)c1nc(-c2ccc(NC(=O)c3ccc(N4CCN(C)CC4)cc3)cc2)cs1. The van der Waals surface area contributed by atoms with Crippen LogP contribution in [0.25, 0.3) is 11.3 Å². The first kappa shape index (κ1) is 27.4. The summed E-state index contributed by atoms with van der Waals surface area (Å²) < 4.78 is 0. The number of carbonyl (C=O) groups is 2. The van der Waals surface area contributed by atoms with E-state index in [0.29, 0.717) is 5.56 Å². The highest BCUT2D eigenvalue weighted by Gasteiger charge is 2.19. The molecule has 2 heterocycles. The van der Waals surface area contributed by atoms with Crippen LogP contribution in [0.15, 0.2) is 78.2 Å². The van der Waals surface area contributed by atoms with Crippen LogP contribution in [-0.4, -0.2) is 66.1 Å². The van der Waals surface area contributed by atoms with Crippen molar-refractivity contribution in [3.05, 3.63) is 89.3 Å². The third-order valence-electron chi connectivity index (χ3n) is 7.04. The summed E-state index contributed by atoms with van der Waals surface area (Å²) in [4.78, 5) is 35.7. The summed E-state index contributed by atoms with van der Waals surface area (Å²) in [6, 6.07) is 22.4. The minimum atomic E-state index is -0.946. The molecule has 2 N–H and O–H groups in total. The Balaban J connectivity index is 1.24. The van der Waals surface area contributed by atoms with Gasteiger partial charge in [0, 0.05) is 65.8 Å². The molecule has 0 atom stereocenters. The molecule has 206 valence electrons. The summed E-state index contributed by atoms with van der Waals surface area (Å²) in [5, 5.41) is 15.0. The standard InChI is InChI=1S/C31H33N5O3S/c1-21(2)36(27-14-8-24(9-15-27)30(38)39)31-33-28(20-40-31)22-4-10-25(11-5-22)32-29(37)23-6-12-26(13-7-23)35-18-16-34(3)17-19-35/h4-15,20-21H,16-19H2,1-3H3,(H,32,37)(H,38,39). The van der Waals surface area contributed by atoms with Crippen molar-refractivity contribution < 1.29 is 14.7 Å². The number of aromatic carboxylic acids is 1. The molecular formula is C31H33N5O3S. The molecule has 0 saturated carbocycles. The monoisotopic (exact) mass is 555 g/mol. The van der Waals surface area contributed by atoms with Gasteiger partial charge in [0.05, 0.1) is 11.3 Å². The van der Waals surface area contributed by atoms with E-state index in [1.807, 2.05) is 66.0 Å². The maximum Gasteiger partial charge on any atom is 0.335 e. The first-order valence-corrected chi connectivity index (χ1v) is 14.2. The van der Waals surface area contributed by atoms with Gasteiger partial charge in [0.2, 0.25) is 0 Å². The number of hydrogen-bond donors (Lipinski definition) is 2. The molecule has 5 rings (SSSR count). The Morgan fingerprint density at radius 2 is 1.52 bits per heavy atom. The fourth-order valence-electron chi connectivity index (χ4n) is 4.72. The molecule has 3 aromatic carbocycles. The molecule has 0 radical (unpaired) electrons. The van der Waals surface area contributed by atoms with Gasteiger partial charge in [0.25, 0.3) is 5.91 Å². The van der Waals surface area contributed by atoms with Crippen molar-refractivity contribution in [3.8, 4) is 11.3 Å². The number of amides is 1. The van der Waals surface area contributed by atoms with Crippen molar-refractivity contribution in [1.82, 2.24) is 9.88 Å². The number of nitrogens with one attached hydrogen (secondary N) is 1. The third-order valence-corrected chi connectivity index (χ3v) is 7.88. The number of thiazole rings is 1. The molecule has 0 aliphatic carbocycles. The van der Waals surface area contributed by atoms with E-state index in [9.17, 15) is 14.7 Å². The van der Waals surface area contributed by atoms with E-state index in [1.54, 1.807) is 12.1 Å². The van der Waals surface area contributed by atoms with Gasteiger partial charge in [-0.1, -0.05) is 12.1 Å². The van der Waals surface area contributed by atoms with Gasteiger partial charge < -0.3 is 25.1 Å². The highest BCUT2D eigenvalue weighted by molar-refractivity contribution is 7.14. The van der Waals surface area contributed by atoms with Gasteiger partial charge in [-0.3, -0.25) is 4.79 Å². The van der Waals surface area contributed by atoms with Crippen molar-refractivity contribution in [2.45, 2.75) is 19.9 Å². The molecule has 1 saturated heterocycles. The number of likely N-dealkylation sites (N-methyl/N-ethyl adjacent to an activating group) is 1. The number of carbonyl (C=O) groups excluding carboxylic acids is 1. The molecule has 40 heavy (non-hydrogen) atoms. The Morgan fingerprint density at radius 1 is 0.900 bits per heavy atom. The zero-order chi connectivity index (χ0) is 28.2. The molecule has 9 heteroatoms. The number of carboxylic acid groups (broad SMARTS) is 1. The van der Waals surface area contributed by atoms with E-state index in [1.165, 1.54) is 11.3 Å². The van der Waals surface area contributed by atoms with Gasteiger partial charge >= 0.3 is 5.97 Å². The number of nitrogens with zero attached hydrogens (tertiary/aromatic N) is 4. The summed E-state index contributed by atoms with van der Waals surface area (Å²) in [6.07, 6.45) is 0. The van der Waals surface area contributed by atoms with E-state index in [-0.39, 0.29) is 17.5 Å². The molecule has 0 bridgehead atoms. The van der Waals surface area contributed by atoms with E-state index in [2.05, 4.69) is 40.9 Å². The van der Waals surface area contributed by atoms with Crippen LogP contribution >= 0.6 is 11.3 Å². The highest BCUT2D eigenvalue weighted by Crippen LogP contribution is 2.34. The van der Waals surface area contributed by atoms with Crippen LogP contribution in [0.3, 0.4) is 0 Å². The van der Waals surface area contributed by atoms with E-state index >= 15 is 0 Å². The fourth-order valence-corrected chi connectivity index (χ4v) is 5.70. The van der Waals surface area contributed by atoms with E-state index in [4.69, 9.17) is 4.98 Å². The lowest BCUT2D eigenvalue weighted by molar-refractivity contribution is 0.0696. The Labute approximate surface area is 238 Å². The predicted octanol–water partition coefficient (Wildman–Crippen LogP) is 6.06. The number of carboxylic acids is 1. The highest BCUT2D eigenvalue weighted by atomic mass is 32.1. The van der Waals surface area contributed by atoms with Gasteiger partial charge in [0.1, 0.15) is 0 Å². The number of rotatable bonds is 8. The molecule has 4 aromatic rings. The topological polar surface area (TPSA) is 89.0 Å². The lowest BCUT2D eigenvalue weighted by Gasteiger charge is -2.34. The smallest absolute Gasteiger partial charge is 0.335 e. The van der Waals surface area contributed by atoms with Crippen LogP contribution in [0.1, 0.15) is 34.6 Å². The van der Waals surface area contributed by atoms with Crippen LogP contribution in [0.2, 0.25) is 0 Å². The molecule has 1 aromatic heterocycles. The van der Waals surface area contributed by atoms with Crippen molar-refractivity contribution >= 4 is 45.4 Å². The minimum Gasteiger partial charge on any atom is -0.478 e. The van der Waals surface area contributed by atoms with Gasteiger partial charge in [-0.15, -0.1) is 11.3 Å². The van der Waals surface area contributed by atoms with Crippen LogP contribution in [-0.2, 0) is 0 Å². The summed E-state index contributed by atoms with van der Waals surface area (Å²) in [5.41, 5.74) is 5.40. The normalized spacial score (nSPS) is 13.8. The summed E-state index contributed by atoms with van der Waals surface area (Å²) in [7, 11) is 2.14. The Morgan fingerprint density at radius 3 is 2.12 bits per heavy atom. The lowest BCUT2D eigenvalue weighted by Crippen LogP contribution is -2.44. The maximum absolute atomic E-state index is 12.9. The van der Waals surface area contributed by atoms with E-state index < -0.39 is 5.97 Å². The van der Waals surface area contributed by atoms with Crippen LogP contribution < -0.4 is 15.1 Å². The Hall–Kier alpha value is -4.21. The molecule has 0 unspecified atom stereocenters. The van der Waals surface area contributed by atoms with Crippen LogP contribution in [0.5, 0.6) is 0 Å². The Bertz CT molecular complexity index is 1460. The first-order chi connectivity index (χ1) is 19.3. The molecule has 1 aliphatic heterocycles. The molecule has 1 amide bonds. The average Bonchev–Trinajstić information content (AvgIpc) is 3.43. The average molecular weight is 556 g/mol. The minimum absolute atomic E-state index is 0.128. The number of anilines is 4. The number of piperazine rings is 1. The number of hydrogen-bond acceptors (Lipinski definition) is 7. The lowest BCUT2D eigenvalue weighted by atomic mass is 10.1. The van der Waals surface area contributed by atoms with Gasteiger partial charge in [-0.2, -0.15) is 0 Å². The molecule has 8 nitrogen and oxygen atoms in total. The molecule has 1 fully saturated rings. The third kappa shape index (κ3) is 6.16. The van der Waals surface area contributed by atoms with Gasteiger partial charge in [-0.25, -0.2) is 9.78 Å². The van der Waals surface area contributed by atoms with Crippen molar-refractivity contribution in [2.24, 2.45) is 0 Å². The first-order valence-electron chi connectivity index (χ1n) is 13.3. The number of aromatic nitrogens is 1. The zero-order valence-corrected chi connectivity index (χ0v) is 23.7. The molecular weight excluding hydrogens is 522 g/mol. The van der Waals surface area contributed by atoms with Gasteiger partial charge in [0.15, 0.2) is 5.13 Å². The molecule has 0 spiro atoms. The summed E-state index contributed by atoms with van der Waals surface area (Å²) in [5.74, 6) is -1.09. The van der Waals surface area contributed by atoms with Crippen LogP contribution in [0, 0.1) is 0 Å². The fraction of sp³-hybridized carbons (Fsp3) is 0.258. The van der Waals surface area contributed by atoms with E-state index in [0.717, 1.165) is 59.6 Å². The van der Waals surface area contributed by atoms with Crippen LogP contribution in [0.4, 0.5) is 22.2 Å². The quantitative estimate of drug-likeness (QED) is 0.273. The van der Waals surface area contributed by atoms with Crippen molar-refractivity contribution in [3.63, 3.8) is 0 Å². The van der Waals surface area contributed by atoms with Crippen molar-refractivity contribution in [1.29, 1.82) is 0 Å². The van der Waals surface area contributed by atoms with Crippen molar-refractivity contribution in [2.75, 3.05) is 48.3 Å². The largest absolute Gasteiger partial charge is 0.478 e. The predicted molar refractivity (Wildman–Crippen MR) is 162 cm³/mol. The summed E-state index contributed by atoms with van der Waals surface area (Å²) in [6.45, 7) is 8.21. The number of benzene rings is 3. The summed E-state index contributed by atoms with van der Waals surface area (Å²) >= 11 is 1.53. The second-order valence-electron chi connectivity index (χ2n) is 10.2. The van der Waals surface area contributed by atoms with Gasteiger partial charge in [-0.05, 0) is 81.6 Å². The second kappa shape index (κ2) is 11.9. The Kier molecular flexibility index (Phi) is 8.14.